The molecule has 0 aromatic heterocycles. The third-order valence-corrected chi connectivity index (χ3v) is 3.74. The minimum atomic E-state index is -0.592. The lowest BCUT2D eigenvalue weighted by molar-refractivity contribution is 0.0222. The Morgan fingerprint density at radius 3 is 2.43 bits per heavy atom. The van der Waals surface area contributed by atoms with E-state index in [4.69, 9.17) is 10.5 Å². The highest BCUT2D eigenvalue weighted by atomic mass is 16.5. The van der Waals surface area contributed by atoms with Crippen molar-refractivity contribution in [3.8, 4) is 0 Å². The second-order valence-corrected chi connectivity index (χ2v) is 5.76. The van der Waals surface area contributed by atoms with Crippen LogP contribution in [0.15, 0.2) is 30.3 Å². The third kappa shape index (κ3) is 8.86. The van der Waals surface area contributed by atoms with E-state index in [9.17, 15) is 5.11 Å². The molecule has 2 atom stereocenters. The van der Waals surface area contributed by atoms with Crippen LogP contribution >= 0.6 is 0 Å². The van der Waals surface area contributed by atoms with Gasteiger partial charge in [-0.1, -0.05) is 69.4 Å². The Hall–Kier alpha value is -0.900. The zero-order valence-electron chi connectivity index (χ0n) is 13.3. The normalized spacial score (nSPS) is 14.0. The van der Waals surface area contributed by atoms with Gasteiger partial charge in [0.2, 0.25) is 0 Å². The second-order valence-electron chi connectivity index (χ2n) is 5.76. The number of aliphatic hydroxyl groups excluding tert-OH is 1. The van der Waals surface area contributed by atoms with Gasteiger partial charge in [0.25, 0.3) is 0 Å². The zero-order valence-corrected chi connectivity index (χ0v) is 13.3. The minimum absolute atomic E-state index is 0.267. The molecule has 0 amide bonds. The Bertz CT molecular complexity index is 342. The lowest BCUT2D eigenvalue weighted by atomic mass is 10.0. The fourth-order valence-corrected chi connectivity index (χ4v) is 2.33. The van der Waals surface area contributed by atoms with E-state index in [1.165, 1.54) is 32.1 Å². The highest BCUT2D eigenvalue weighted by Crippen LogP contribution is 2.07. The number of nitrogens with two attached hydrogens (primary N) is 1. The largest absolute Gasteiger partial charge is 0.389 e. The van der Waals surface area contributed by atoms with Gasteiger partial charge >= 0.3 is 0 Å². The Kier molecular flexibility index (Phi) is 10.1. The van der Waals surface area contributed by atoms with Crippen molar-refractivity contribution in [1.29, 1.82) is 0 Å². The predicted molar refractivity (Wildman–Crippen MR) is 88.3 cm³/mol. The molecular weight excluding hydrogens is 262 g/mol. The molecule has 0 aliphatic heterocycles. The molecule has 3 nitrogen and oxygen atoms in total. The van der Waals surface area contributed by atoms with Gasteiger partial charge in [0.05, 0.1) is 12.7 Å². The topological polar surface area (TPSA) is 55.5 Å². The quantitative estimate of drug-likeness (QED) is 0.581. The van der Waals surface area contributed by atoms with Gasteiger partial charge in [-0.05, 0) is 18.4 Å². The van der Waals surface area contributed by atoms with Gasteiger partial charge in [0, 0.05) is 12.6 Å². The summed E-state index contributed by atoms with van der Waals surface area (Å²) in [6, 6.07) is 9.76. The Balaban J connectivity index is 2.03. The smallest absolute Gasteiger partial charge is 0.0927 e. The van der Waals surface area contributed by atoms with Crippen molar-refractivity contribution in [2.45, 2.75) is 64.0 Å². The van der Waals surface area contributed by atoms with E-state index >= 15 is 0 Å². The average Bonchev–Trinajstić information content (AvgIpc) is 2.50. The molecule has 2 unspecified atom stereocenters. The Morgan fingerprint density at radius 1 is 1.05 bits per heavy atom. The summed E-state index contributed by atoms with van der Waals surface area (Å²) in [7, 11) is 0. The van der Waals surface area contributed by atoms with Gasteiger partial charge in [0.15, 0.2) is 0 Å². The van der Waals surface area contributed by atoms with Gasteiger partial charge in [0.1, 0.15) is 0 Å². The number of aliphatic hydroxyl groups is 1. The molecule has 0 spiro atoms. The van der Waals surface area contributed by atoms with Crippen molar-refractivity contribution >= 4 is 0 Å². The fourth-order valence-electron chi connectivity index (χ4n) is 2.33. The molecule has 3 N–H and O–H groups in total. The van der Waals surface area contributed by atoms with E-state index in [0.29, 0.717) is 13.0 Å². The Labute approximate surface area is 129 Å². The molecule has 0 fully saturated rings. The van der Waals surface area contributed by atoms with Crippen molar-refractivity contribution in [3.05, 3.63) is 35.9 Å². The highest BCUT2D eigenvalue weighted by Gasteiger charge is 2.15. The second kappa shape index (κ2) is 11.7. The first kappa shape index (κ1) is 18.1. The van der Waals surface area contributed by atoms with Crippen molar-refractivity contribution < 1.29 is 9.84 Å². The van der Waals surface area contributed by atoms with Gasteiger partial charge in [-0.2, -0.15) is 0 Å². The first-order chi connectivity index (χ1) is 10.2. The molecule has 3 heteroatoms. The van der Waals surface area contributed by atoms with E-state index in [1.54, 1.807) is 0 Å². The van der Waals surface area contributed by atoms with Crippen LogP contribution in [0.3, 0.4) is 0 Å². The highest BCUT2D eigenvalue weighted by molar-refractivity contribution is 5.16. The molecule has 0 aliphatic carbocycles. The van der Waals surface area contributed by atoms with Crippen LogP contribution in [0.25, 0.3) is 0 Å². The van der Waals surface area contributed by atoms with Gasteiger partial charge in [-0.3, -0.25) is 0 Å². The van der Waals surface area contributed by atoms with Crippen LogP contribution < -0.4 is 5.73 Å². The average molecular weight is 293 g/mol. The standard InChI is InChI=1S/C18H31NO2/c1-2-3-4-5-6-10-13-21-15-18(20)17(19)14-16-11-8-7-9-12-16/h7-9,11-12,17-18,20H,2-6,10,13-15,19H2,1H3. The number of hydrogen-bond acceptors (Lipinski definition) is 3. The monoisotopic (exact) mass is 293 g/mol. The summed E-state index contributed by atoms with van der Waals surface area (Å²) in [6.45, 7) is 3.29. The van der Waals surface area contributed by atoms with E-state index in [-0.39, 0.29) is 6.04 Å². The molecule has 1 rings (SSSR count). The van der Waals surface area contributed by atoms with Crippen LogP contribution in [0, 0.1) is 0 Å². The Morgan fingerprint density at radius 2 is 1.71 bits per heavy atom. The molecule has 0 radical (unpaired) electrons. The summed E-state index contributed by atoms with van der Waals surface area (Å²) in [5.41, 5.74) is 7.17. The predicted octanol–water partition coefficient (Wildman–Crippen LogP) is 3.29. The van der Waals surface area contributed by atoms with Crippen molar-refractivity contribution in [2.75, 3.05) is 13.2 Å². The minimum Gasteiger partial charge on any atom is -0.389 e. The molecule has 21 heavy (non-hydrogen) atoms. The van der Waals surface area contributed by atoms with E-state index < -0.39 is 6.10 Å². The molecule has 1 aromatic carbocycles. The molecule has 120 valence electrons. The maximum atomic E-state index is 10.0. The molecular formula is C18H31NO2. The van der Waals surface area contributed by atoms with Crippen LogP contribution in [-0.4, -0.2) is 30.5 Å². The molecule has 1 aromatic rings. The molecule has 0 aliphatic rings. The van der Waals surface area contributed by atoms with Crippen LogP contribution in [0.4, 0.5) is 0 Å². The summed E-state index contributed by atoms with van der Waals surface area (Å²) in [6.07, 6.45) is 7.59. The number of rotatable bonds is 12. The van der Waals surface area contributed by atoms with E-state index in [1.807, 2.05) is 30.3 Å². The summed E-state index contributed by atoms with van der Waals surface area (Å²) < 4.78 is 5.53. The number of benzene rings is 1. The number of ether oxygens (including phenoxy) is 1. The van der Waals surface area contributed by atoms with Crippen LogP contribution in [0.1, 0.15) is 51.0 Å². The molecule has 0 heterocycles. The number of hydrogen-bond donors (Lipinski definition) is 2. The van der Waals surface area contributed by atoms with Crippen molar-refractivity contribution in [2.24, 2.45) is 5.73 Å². The first-order valence-corrected chi connectivity index (χ1v) is 8.29. The summed E-state index contributed by atoms with van der Waals surface area (Å²) in [5, 5.41) is 10.0. The summed E-state index contributed by atoms with van der Waals surface area (Å²) >= 11 is 0. The van der Waals surface area contributed by atoms with Crippen molar-refractivity contribution in [3.63, 3.8) is 0 Å². The lowest BCUT2D eigenvalue weighted by Crippen LogP contribution is -2.39. The van der Waals surface area contributed by atoms with Gasteiger partial charge in [-0.15, -0.1) is 0 Å². The molecule has 0 bridgehead atoms. The van der Waals surface area contributed by atoms with E-state index in [2.05, 4.69) is 6.92 Å². The van der Waals surface area contributed by atoms with Gasteiger partial charge in [-0.25, -0.2) is 0 Å². The molecule has 0 saturated carbocycles. The SMILES string of the molecule is CCCCCCCCOCC(O)C(N)Cc1ccccc1. The summed E-state index contributed by atoms with van der Waals surface area (Å²) in [5.74, 6) is 0. The lowest BCUT2D eigenvalue weighted by Gasteiger charge is -2.19. The van der Waals surface area contributed by atoms with Crippen LogP contribution in [0.2, 0.25) is 0 Å². The van der Waals surface area contributed by atoms with Crippen LogP contribution in [0.5, 0.6) is 0 Å². The summed E-state index contributed by atoms with van der Waals surface area (Å²) in [4.78, 5) is 0. The number of unbranched alkanes of at least 4 members (excludes halogenated alkanes) is 5. The third-order valence-electron chi connectivity index (χ3n) is 3.74. The fraction of sp³-hybridized carbons (Fsp3) is 0.667. The first-order valence-electron chi connectivity index (χ1n) is 8.29. The maximum absolute atomic E-state index is 10.0. The van der Waals surface area contributed by atoms with E-state index in [0.717, 1.165) is 18.6 Å². The van der Waals surface area contributed by atoms with Gasteiger partial charge < -0.3 is 15.6 Å². The van der Waals surface area contributed by atoms with Crippen molar-refractivity contribution in [1.82, 2.24) is 0 Å². The molecule has 0 saturated heterocycles. The maximum Gasteiger partial charge on any atom is 0.0927 e. The van der Waals surface area contributed by atoms with Crippen LogP contribution in [-0.2, 0) is 11.2 Å². The zero-order chi connectivity index (χ0) is 15.3.